The van der Waals surface area contributed by atoms with Crippen LogP contribution in [0.1, 0.15) is 33.1 Å². The zero-order chi connectivity index (χ0) is 14.9. The predicted octanol–water partition coefficient (Wildman–Crippen LogP) is 2.61. The van der Waals surface area contributed by atoms with Crippen molar-refractivity contribution < 1.29 is 12.8 Å². The van der Waals surface area contributed by atoms with Crippen LogP contribution in [0.2, 0.25) is 0 Å². The number of rotatable bonds is 6. The minimum atomic E-state index is -3.59. The summed E-state index contributed by atoms with van der Waals surface area (Å²) < 4.78 is 40.0. The second kappa shape index (κ2) is 5.69. The SMILES string of the molecule is CC(C)CCN(C1CC1)S(=O)(=O)c1ccc(F)c(N)c1. The van der Waals surface area contributed by atoms with Gasteiger partial charge < -0.3 is 5.73 Å². The van der Waals surface area contributed by atoms with E-state index < -0.39 is 15.8 Å². The molecule has 0 amide bonds. The maximum Gasteiger partial charge on any atom is 0.243 e. The molecule has 0 aromatic heterocycles. The molecule has 20 heavy (non-hydrogen) atoms. The Kier molecular flexibility index (Phi) is 4.34. The Morgan fingerprint density at radius 1 is 1.40 bits per heavy atom. The Morgan fingerprint density at radius 2 is 2.05 bits per heavy atom. The first-order valence-corrected chi connectivity index (χ1v) is 8.33. The molecule has 0 aliphatic heterocycles. The van der Waals surface area contributed by atoms with Gasteiger partial charge in [-0.3, -0.25) is 0 Å². The lowest BCUT2D eigenvalue weighted by molar-refractivity contribution is 0.373. The summed E-state index contributed by atoms with van der Waals surface area (Å²) in [4.78, 5) is 0.0760. The Balaban J connectivity index is 2.27. The van der Waals surface area contributed by atoms with Crippen LogP contribution in [0.4, 0.5) is 10.1 Å². The van der Waals surface area contributed by atoms with Crippen molar-refractivity contribution >= 4 is 15.7 Å². The van der Waals surface area contributed by atoms with Gasteiger partial charge in [0.05, 0.1) is 10.6 Å². The average Bonchev–Trinajstić information content (AvgIpc) is 3.16. The van der Waals surface area contributed by atoms with Crippen molar-refractivity contribution in [3.8, 4) is 0 Å². The first-order chi connectivity index (χ1) is 9.32. The molecule has 2 rings (SSSR count). The largest absolute Gasteiger partial charge is 0.396 e. The molecule has 6 heteroatoms. The summed E-state index contributed by atoms with van der Waals surface area (Å²) in [6, 6.07) is 3.68. The highest BCUT2D eigenvalue weighted by Gasteiger charge is 2.37. The van der Waals surface area contributed by atoms with Crippen LogP contribution in [-0.4, -0.2) is 25.3 Å². The molecule has 4 nitrogen and oxygen atoms in total. The van der Waals surface area contributed by atoms with Crippen LogP contribution in [0.25, 0.3) is 0 Å². The molecule has 0 heterocycles. The predicted molar refractivity (Wildman–Crippen MR) is 77.2 cm³/mol. The first-order valence-electron chi connectivity index (χ1n) is 6.89. The molecular weight excluding hydrogens is 279 g/mol. The minimum absolute atomic E-state index is 0.0760. The molecule has 0 bridgehead atoms. The highest BCUT2D eigenvalue weighted by molar-refractivity contribution is 7.89. The summed E-state index contributed by atoms with van der Waals surface area (Å²) in [6.07, 6.45) is 2.61. The maximum atomic E-state index is 13.2. The van der Waals surface area contributed by atoms with Crippen molar-refractivity contribution in [1.29, 1.82) is 0 Å². The van der Waals surface area contributed by atoms with Crippen LogP contribution < -0.4 is 5.73 Å². The molecule has 1 aliphatic rings. The van der Waals surface area contributed by atoms with E-state index in [1.165, 1.54) is 12.1 Å². The number of nitrogen functional groups attached to an aromatic ring is 1. The highest BCUT2D eigenvalue weighted by Crippen LogP contribution is 2.33. The van der Waals surface area contributed by atoms with E-state index in [0.717, 1.165) is 25.3 Å². The molecule has 2 N–H and O–H groups in total. The Labute approximate surface area is 119 Å². The van der Waals surface area contributed by atoms with Gasteiger partial charge in [0, 0.05) is 12.6 Å². The summed E-state index contributed by atoms with van der Waals surface area (Å²) >= 11 is 0. The molecule has 1 aliphatic carbocycles. The van der Waals surface area contributed by atoms with Gasteiger partial charge in [-0.15, -0.1) is 0 Å². The van der Waals surface area contributed by atoms with E-state index >= 15 is 0 Å². The second-order valence-corrected chi connectivity index (χ2v) is 7.60. The van der Waals surface area contributed by atoms with Gasteiger partial charge in [0.1, 0.15) is 5.82 Å². The summed E-state index contributed by atoms with van der Waals surface area (Å²) in [5.41, 5.74) is 5.34. The monoisotopic (exact) mass is 300 g/mol. The molecule has 112 valence electrons. The van der Waals surface area contributed by atoms with Gasteiger partial charge in [-0.05, 0) is 43.4 Å². The summed E-state index contributed by atoms with van der Waals surface area (Å²) in [7, 11) is -3.59. The number of nitrogens with zero attached hydrogens (tertiary/aromatic N) is 1. The van der Waals surface area contributed by atoms with Gasteiger partial charge in [0.15, 0.2) is 0 Å². The summed E-state index contributed by atoms with van der Waals surface area (Å²) in [5, 5.41) is 0. The molecule has 0 spiro atoms. The van der Waals surface area contributed by atoms with Gasteiger partial charge in [0.2, 0.25) is 10.0 Å². The topological polar surface area (TPSA) is 63.4 Å². The number of benzene rings is 1. The fourth-order valence-corrected chi connectivity index (χ4v) is 3.80. The van der Waals surface area contributed by atoms with Crippen molar-refractivity contribution in [3.05, 3.63) is 24.0 Å². The van der Waals surface area contributed by atoms with E-state index in [4.69, 9.17) is 5.73 Å². The van der Waals surface area contributed by atoms with Crippen molar-refractivity contribution in [2.24, 2.45) is 5.92 Å². The molecule has 1 aromatic rings. The lowest BCUT2D eigenvalue weighted by Crippen LogP contribution is -2.34. The van der Waals surface area contributed by atoms with Crippen LogP contribution in [0, 0.1) is 11.7 Å². The van der Waals surface area contributed by atoms with Crippen LogP contribution >= 0.6 is 0 Å². The third-order valence-electron chi connectivity index (χ3n) is 3.46. The first kappa shape index (κ1) is 15.3. The maximum absolute atomic E-state index is 13.2. The Morgan fingerprint density at radius 3 is 2.55 bits per heavy atom. The van der Waals surface area contributed by atoms with E-state index in [0.29, 0.717) is 12.5 Å². The zero-order valence-corrected chi connectivity index (χ0v) is 12.7. The third kappa shape index (κ3) is 3.30. The van der Waals surface area contributed by atoms with E-state index in [1.54, 1.807) is 4.31 Å². The fourth-order valence-electron chi connectivity index (χ4n) is 2.06. The molecule has 0 unspecified atom stereocenters. The van der Waals surface area contributed by atoms with Gasteiger partial charge in [-0.2, -0.15) is 4.31 Å². The molecule has 0 saturated heterocycles. The molecule has 0 atom stereocenters. The fraction of sp³-hybridized carbons (Fsp3) is 0.571. The van der Waals surface area contributed by atoms with Crippen molar-refractivity contribution in [3.63, 3.8) is 0 Å². The molecular formula is C14H21FN2O2S. The normalized spacial score (nSPS) is 16.1. The van der Waals surface area contributed by atoms with E-state index in [1.807, 2.05) is 0 Å². The van der Waals surface area contributed by atoms with Gasteiger partial charge in [0.25, 0.3) is 0 Å². The zero-order valence-electron chi connectivity index (χ0n) is 11.8. The molecule has 1 saturated carbocycles. The molecule has 0 radical (unpaired) electrons. The Bertz CT molecular complexity index is 583. The van der Waals surface area contributed by atoms with Crippen LogP contribution in [-0.2, 0) is 10.0 Å². The summed E-state index contributed by atoms with van der Waals surface area (Å²) in [5.74, 6) is -0.158. The summed E-state index contributed by atoms with van der Waals surface area (Å²) in [6.45, 7) is 4.63. The number of anilines is 1. The van der Waals surface area contributed by atoms with Crippen LogP contribution in [0.15, 0.2) is 23.1 Å². The molecule has 1 aromatic carbocycles. The highest BCUT2D eigenvalue weighted by atomic mass is 32.2. The van der Waals surface area contributed by atoms with Crippen LogP contribution in [0.3, 0.4) is 0 Å². The third-order valence-corrected chi connectivity index (χ3v) is 5.40. The van der Waals surface area contributed by atoms with Gasteiger partial charge >= 0.3 is 0 Å². The van der Waals surface area contributed by atoms with Crippen molar-refractivity contribution in [2.45, 2.75) is 44.0 Å². The average molecular weight is 300 g/mol. The van der Waals surface area contributed by atoms with Gasteiger partial charge in [-0.25, -0.2) is 12.8 Å². The number of hydrogen-bond acceptors (Lipinski definition) is 3. The second-order valence-electron chi connectivity index (χ2n) is 5.71. The van der Waals surface area contributed by atoms with Gasteiger partial charge in [-0.1, -0.05) is 13.8 Å². The number of nitrogens with two attached hydrogens (primary N) is 1. The molecule has 1 fully saturated rings. The smallest absolute Gasteiger partial charge is 0.243 e. The van der Waals surface area contributed by atoms with E-state index in [-0.39, 0.29) is 16.6 Å². The van der Waals surface area contributed by atoms with E-state index in [9.17, 15) is 12.8 Å². The lowest BCUT2D eigenvalue weighted by atomic mass is 10.1. The number of sulfonamides is 1. The number of halogens is 1. The van der Waals surface area contributed by atoms with E-state index in [2.05, 4.69) is 13.8 Å². The quantitative estimate of drug-likeness (QED) is 0.821. The lowest BCUT2D eigenvalue weighted by Gasteiger charge is -2.23. The Hall–Kier alpha value is -1.14. The van der Waals surface area contributed by atoms with Crippen LogP contribution in [0.5, 0.6) is 0 Å². The minimum Gasteiger partial charge on any atom is -0.396 e. The standard InChI is InChI=1S/C14H21FN2O2S/c1-10(2)7-8-17(11-3-4-11)20(18,19)12-5-6-13(15)14(16)9-12/h5-6,9-11H,3-4,7-8,16H2,1-2H3. The number of hydrogen-bond donors (Lipinski definition) is 1. The van der Waals surface area contributed by atoms with Crippen molar-refractivity contribution in [1.82, 2.24) is 4.31 Å². The van der Waals surface area contributed by atoms with Crippen molar-refractivity contribution in [2.75, 3.05) is 12.3 Å².